The number of ketones is 1. The first kappa shape index (κ1) is 20.2. The van der Waals surface area contributed by atoms with Gasteiger partial charge < -0.3 is 39.4 Å². The number of carbonyl (C=O) groups is 2. The Labute approximate surface area is 155 Å². The van der Waals surface area contributed by atoms with E-state index >= 15 is 0 Å². The van der Waals surface area contributed by atoms with Gasteiger partial charge in [-0.25, -0.2) is 4.79 Å². The Hall–Kier alpha value is -1.56. The molecule has 0 bridgehead atoms. The minimum absolute atomic E-state index is 0.102. The highest BCUT2D eigenvalue weighted by Gasteiger charge is 2.54. The van der Waals surface area contributed by atoms with Crippen molar-refractivity contribution in [3.63, 3.8) is 0 Å². The van der Waals surface area contributed by atoms with E-state index < -0.39 is 61.4 Å². The summed E-state index contributed by atoms with van der Waals surface area (Å²) in [6, 6.07) is 0. The van der Waals surface area contributed by atoms with Crippen LogP contribution in [0.15, 0.2) is 11.8 Å². The lowest BCUT2D eigenvalue weighted by Crippen LogP contribution is -2.60. The smallest absolute Gasteiger partial charge is 0.337 e. The van der Waals surface area contributed by atoms with Crippen LogP contribution in [-0.4, -0.2) is 82.9 Å². The molecule has 0 aromatic heterocycles. The van der Waals surface area contributed by atoms with Crippen LogP contribution in [0, 0.1) is 17.8 Å². The molecule has 1 aliphatic carbocycles. The van der Waals surface area contributed by atoms with Crippen molar-refractivity contribution in [3.8, 4) is 0 Å². The maximum atomic E-state index is 12.4. The van der Waals surface area contributed by atoms with Gasteiger partial charge in [0.1, 0.15) is 30.2 Å². The third kappa shape index (κ3) is 3.48. The van der Waals surface area contributed by atoms with Crippen molar-refractivity contribution < 1.29 is 49.0 Å². The van der Waals surface area contributed by atoms with Crippen molar-refractivity contribution in [3.05, 3.63) is 11.8 Å². The molecule has 0 radical (unpaired) electrons. The van der Waals surface area contributed by atoms with E-state index in [0.29, 0.717) is 0 Å². The molecule has 0 amide bonds. The normalized spacial score (nSPS) is 44.3. The summed E-state index contributed by atoms with van der Waals surface area (Å²) in [5.41, 5.74) is 0.102. The van der Waals surface area contributed by atoms with Crippen LogP contribution in [0.3, 0.4) is 0 Å². The van der Waals surface area contributed by atoms with E-state index in [2.05, 4.69) is 0 Å². The molecular formula is C17H24O10. The fourth-order valence-corrected chi connectivity index (χ4v) is 3.96. The third-order valence-electron chi connectivity index (χ3n) is 5.43. The predicted octanol–water partition coefficient (Wildman–Crippen LogP) is -1.94. The van der Waals surface area contributed by atoms with E-state index in [1.54, 1.807) is 0 Å². The molecule has 2 heterocycles. The quantitative estimate of drug-likeness (QED) is 0.400. The Morgan fingerprint density at radius 2 is 1.93 bits per heavy atom. The first-order chi connectivity index (χ1) is 12.8. The van der Waals surface area contributed by atoms with E-state index in [9.17, 15) is 30.0 Å². The number of aliphatic hydroxyl groups excluding tert-OH is 4. The minimum atomic E-state index is -1.59. The molecule has 0 aromatic carbocycles. The van der Waals surface area contributed by atoms with Gasteiger partial charge in [0.15, 0.2) is 6.29 Å². The Morgan fingerprint density at radius 1 is 1.22 bits per heavy atom. The number of aliphatic hydroxyl groups is 4. The summed E-state index contributed by atoms with van der Waals surface area (Å²) in [6.45, 7) is 1.22. The molecule has 0 aromatic rings. The number of hydrogen-bond acceptors (Lipinski definition) is 10. The number of ether oxygens (including phenoxy) is 4. The molecule has 152 valence electrons. The summed E-state index contributed by atoms with van der Waals surface area (Å²) in [5.74, 6) is -2.28. The monoisotopic (exact) mass is 388 g/mol. The molecular weight excluding hydrogens is 364 g/mol. The van der Waals surface area contributed by atoms with Crippen LogP contribution in [0.25, 0.3) is 0 Å². The van der Waals surface area contributed by atoms with Crippen molar-refractivity contribution in [2.45, 2.75) is 50.3 Å². The van der Waals surface area contributed by atoms with Crippen molar-refractivity contribution in [2.75, 3.05) is 13.7 Å². The first-order valence-electron chi connectivity index (χ1n) is 8.72. The van der Waals surface area contributed by atoms with Crippen molar-refractivity contribution >= 4 is 11.8 Å². The third-order valence-corrected chi connectivity index (χ3v) is 5.43. The number of Topliss-reactive ketones (excluding diaryl/α,β-unsaturated/α-hetero) is 1. The highest BCUT2D eigenvalue weighted by molar-refractivity contribution is 5.99. The van der Waals surface area contributed by atoms with Gasteiger partial charge in [-0.2, -0.15) is 0 Å². The molecule has 2 aliphatic heterocycles. The van der Waals surface area contributed by atoms with Crippen molar-refractivity contribution in [1.29, 1.82) is 0 Å². The molecule has 3 aliphatic rings. The second-order valence-corrected chi connectivity index (χ2v) is 7.11. The zero-order valence-corrected chi connectivity index (χ0v) is 14.9. The molecule has 9 atom stereocenters. The molecule has 1 saturated carbocycles. The van der Waals surface area contributed by atoms with Crippen LogP contribution in [-0.2, 0) is 28.5 Å². The molecule has 1 saturated heterocycles. The van der Waals surface area contributed by atoms with E-state index in [1.807, 2.05) is 6.92 Å². The van der Waals surface area contributed by atoms with Gasteiger partial charge in [-0.15, -0.1) is 0 Å². The van der Waals surface area contributed by atoms with Crippen LogP contribution in [0.5, 0.6) is 0 Å². The lowest BCUT2D eigenvalue weighted by atomic mass is 9.83. The minimum Gasteiger partial charge on any atom is -0.472 e. The second kappa shape index (κ2) is 7.82. The second-order valence-electron chi connectivity index (χ2n) is 7.11. The van der Waals surface area contributed by atoms with Gasteiger partial charge in [-0.3, -0.25) is 4.79 Å². The summed E-state index contributed by atoms with van der Waals surface area (Å²) < 4.78 is 21.2. The topological polar surface area (TPSA) is 152 Å². The standard InChI is InChI=1S/C17H24O10/c1-6-3-8(19)11-7(15(23)24-2)5-25-16(10(6)11)27-17-14(22)13(21)12(20)9(4-18)26-17/h5-6,9-14,16-18,20-22H,3-4H2,1-2H3/t6-,9+,10+,11?,12+,13-,14+,16-,17-/m0/s1. The van der Waals surface area contributed by atoms with Gasteiger partial charge >= 0.3 is 5.97 Å². The highest BCUT2D eigenvalue weighted by Crippen LogP contribution is 2.45. The van der Waals surface area contributed by atoms with Crippen LogP contribution in [0.2, 0.25) is 0 Å². The van der Waals surface area contributed by atoms with Crippen LogP contribution < -0.4 is 0 Å². The van der Waals surface area contributed by atoms with Gasteiger partial charge in [0.05, 0.1) is 31.5 Å². The summed E-state index contributed by atoms with van der Waals surface area (Å²) in [5, 5.41) is 39.1. The zero-order chi connectivity index (χ0) is 19.9. The van der Waals surface area contributed by atoms with Gasteiger partial charge in [0, 0.05) is 12.3 Å². The summed E-state index contributed by atoms with van der Waals surface area (Å²) >= 11 is 0. The maximum Gasteiger partial charge on any atom is 0.337 e. The number of esters is 1. The van der Waals surface area contributed by atoms with Crippen LogP contribution in [0.4, 0.5) is 0 Å². The summed E-state index contributed by atoms with van der Waals surface area (Å²) in [4.78, 5) is 24.4. The molecule has 10 nitrogen and oxygen atoms in total. The summed E-state index contributed by atoms with van der Waals surface area (Å²) in [6.07, 6.45) is -6.93. The van der Waals surface area contributed by atoms with E-state index in [1.165, 1.54) is 7.11 Å². The number of methoxy groups -OCH3 is 1. The van der Waals surface area contributed by atoms with Crippen LogP contribution in [0.1, 0.15) is 13.3 Å². The highest BCUT2D eigenvalue weighted by atomic mass is 16.8. The Balaban J connectivity index is 1.82. The average molecular weight is 388 g/mol. The Bertz CT molecular complexity index is 617. The molecule has 27 heavy (non-hydrogen) atoms. The number of rotatable bonds is 4. The van der Waals surface area contributed by atoms with Gasteiger partial charge in [-0.05, 0) is 5.92 Å². The lowest BCUT2D eigenvalue weighted by Gasteiger charge is -2.42. The maximum absolute atomic E-state index is 12.4. The molecule has 10 heteroatoms. The Morgan fingerprint density at radius 3 is 2.56 bits per heavy atom. The average Bonchev–Trinajstić information content (AvgIpc) is 2.96. The molecule has 3 rings (SSSR count). The lowest BCUT2D eigenvalue weighted by molar-refractivity contribution is -0.342. The van der Waals surface area contributed by atoms with Crippen molar-refractivity contribution in [2.24, 2.45) is 17.8 Å². The number of carbonyl (C=O) groups excluding carboxylic acids is 2. The molecule has 4 N–H and O–H groups in total. The van der Waals surface area contributed by atoms with Crippen LogP contribution >= 0.6 is 0 Å². The fourth-order valence-electron chi connectivity index (χ4n) is 3.96. The van der Waals surface area contributed by atoms with Gasteiger partial charge in [0.2, 0.25) is 6.29 Å². The van der Waals surface area contributed by atoms with E-state index in [-0.39, 0.29) is 23.7 Å². The zero-order valence-electron chi connectivity index (χ0n) is 14.9. The van der Waals surface area contributed by atoms with Crippen molar-refractivity contribution in [1.82, 2.24) is 0 Å². The van der Waals surface area contributed by atoms with Gasteiger partial charge in [0.25, 0.3) is 0 Å². The molecule has 0 spiro atoms. The fraction of sp³-hybridized carbons (Fsp3) is 0.765. The largest absolute Gasteiger partial charge is 0.472 e. The summed E-state index contributed by atoms with van der Waals surface area (Å²) in [7, 11) is 1.21. The number of hydrogen-bond donors (Lipinski definition) is 4. The Kier molecular flexibility index (Phi) is 5.84. The molecule has 1 unspecified atom stereocenters. The SMILES string of the molecule is COC(=O)C1=CO[C@@H](O[C@@H]2O[C@H](CO)[C@@H](O)[C@H](O)[C@H]2O)[C@H]2C1C(=O)C[C@@H]2C. The van der Waals surface area contributed by atoms with E-state index in [0.717, 1.165) is 6.26 Å². The van der Waals surface area contributed by atoms with E-state index in [4.69, 9.17) is 18.9 Å². The van der Waals surface area contributed by atoms with Gasteiger partial charge in [-0.1, -0.05) is 6.92 Å². The predicted molar refractivity (Wildman–Crippen MR) is 85.6 cm³/mol. The number of fused-ring (bicyclic) bond motifs is 1. The molecule has 2 fully saturated rings. The first-order valence-corrected chi connectivity index (χ1v) is 8.72.